The zero-order valence-corrected chi connectivity index (χ0v) is 13.8. The lowest BCUT2D eigenvalue weighted by Crippen LogP contribution is -2.39. The van der Waals surface area contributed by atoms with Gasteiger partial charge in [0.25, 0.3) is 0 Å². The first-order valence-electron chi connectivity index (χ1n) is 7.43. The van der Waals surface area contributed by atoms with E-state index in [2.05, 4.69) is 46.9 Å². The number of hydrogen-bond acceptors (Lipinski definition) is 2. The van der Waals surface area contributed by atoms with Gasteiger partial charge in [-0.05, 0) is 50.0 Å². The van der Waals surface area contributed by atoms with Gasteiger partial charge in [0, 0.05) is 12.5 Å². The van der Waals surface area contributed by atoms with E-state index in [1.165, 1.54) is 6.42 Å². The van der Waals surface area contributed by atoms with E-state index < -0.39 is 5.97 Å². The fourth-order valence-electron chi connectivity index (χ4n) is 2.41. The van der Waals surface area contributed by atoms with Crippen molar-refractivity contribution >= 4 is 5.97 Å². The van der Waals surface area contributed by atoms with Crippen LogP contribution in [0.1, 0.15) is 67.2 Å². The second-order valence-corrected chi connectivity index (χ2v) is 7.17. The molecule has 0 rings (SSSR count). The van der Waals surface area contributed by atoms with Crippen molar-refractivity contribution in [3.63, 3.8) is 0 Å². The van der Waals surface area contributed by atoms with Crippen LogP contribution in [-0.4, -0.2) is 24.2 Å². The lowest BCUT2D eigenvalue weighted by molar-refractivity contribution is -0.138. The van der Waals surface area contributed by atoms with Gasteiger partial charge in [-0.1, -0.05) is 34.6 Å². The van der Waals surface area contributed by atoms with Gasteiger partial charge in [-0.2, -0.15) is 0 Å². The molecule has 0 aliphatic carbocycles. The highest BCUT2D eigenvalue weighted by molar-refractivity contribution is 5.66. The highest BCUT2D eigenvalue weighted by Crippen LogP contribution is 2.48. The number of hydrogen-bond donors (Lipinski definition) is 2. The monoisotopic (exact) mass is 271 g/mol. The molecule has 2 atom stereocenters. The smallest absolute Gasteiger partial charge is 0.303 e. The van der Waals surface area contributed by atoms with Gasteiger partial charge in [-0.15, -0.1) is 0 Å². The second-order valence-electron chi connectivity index (χ2n) is 7.17. The normalized spacial score (nSPS) is 16.2. The predicted molar refractivity (Wildman–Crippen MR) is 81.4 cm³/mol. The quantitative estimate of drug-likeness (QED) is 0.668. The molecule has 0 amide bonds. The average molecular weight is 271 g/mol. The Labute approximate surface area is 119 Å². The fourth-order valence-corrected chi connectivity index (χ4v) is 2.41. The number of aliphatic carboxylic acids is 1. The molecule has 3 nitrogen and oxygen atoms in total. The molecule has 3 heteroatoms. The van der Waals surface area contributed by atoms with Crippen LogP contribution in [0.2, 0.25) is 0 Å². The van der Waals surface area contributed by atoms with Crippen molar-refractivity contribution in [1.29, 1.82) is 0 Å². The third kappa shape index (κ3) is 5.52. The Hall–Kier alpha value is -0.570. The molecule has 0 saturated heterocycles. The highest BCUT2D eigenvalue weighted by atomic mass is 16.4. The Bertz CT molecular complexity index is 284. The van der Waals surface area contributed by atoms with Crippen LogP contribution in [0.3, 0.4) is 0 Å². The van der Waals surface area contributed by atoms with Crippen molar-refractivity contribution in [3.05, 3.63) is 0 Å². The van der Waals surface area contributed by atoms with Crippen molar-refractivity contribution in [2.75, 3.05) is 7.05 Å². The summed E-state index contributed by atoms with van der Waals surface area (Å²) in [5, 5.41) is 12.2. The zero-order chi connectivity index (χ0) is 15.3. The average Bonchev–Trinajstić information content (AvgIpc) is 2.32. The predicted octanol–water partition coefficient (Wildman–Crippen LogP) is 3.93. The van der Waals surface area contributed by atoms with E-state index >= 15 is 0 Å². The fraction of sp³-hybridized carbons (Fsp3) is 0.938. The van der Waals surface area contributed by atoms with Crippen LogP contribution in [0.5, 0.6) is 0 Å². The molecule has 0 aliphatic rings. The van der Waals surface area contributed by atoms with Crippen molar-refractivity contribution in [2.24, 2.45) is 16.7 Å². The molecular weight excluding hydrogens is 238 g/mol. The summed E-state index contributed by atoms with van der Waals surface area (Å²) in [6, 6.07) is 0.542. The van der Waals surface area contributed by atoms with Gasteiger partial charge >= 0.3 is 5.97 Å². The van der Waals surface area contributed by atoms with E-state index in [0.717, 1.165) is 12.8 Å². The van der Waals surface area contributed by atoms with E-state index in [0.29, 0.717) is 12.0 Å². The van der Waals surface area contributed by atoms with Gasteiger partial charge in [0.15, 0.2) is 0 Å². The van der Waals surface area contributed by atoms with Crippen molar-refractivity contribution in [1.82, 2.24) is 5.32 Å². The minimum absolute atomic E-state index is 0.0354. The van der Waals surface area contributed by atoms with E-state index in [1.807, 2.05) is 7.05 Å². The minimum Gasteiger partial charge on any atom is -0.481 e. The standard InChI is InChI=1S/C16H33NO2/c1-12(8-9-13(2)17-7)16(5,6)15(3,4)11-10-14(18)19/h12-13,17H,8-11H2,1-7H3,(H,18,19). The molecule has 0 aromatic rings. The molecule has 0 aromatic heterocycles. The summed E-state index contributed by atoms with van der Waals surface area (Å²) in [5.41, 5.74) is 0.170. The topological polar surface area (TPSA) is 49.3 Å². The molecule has 0 aliphatic heterocycles. The second kappa shape index (κ2) is 7.28. The van der Waals surface area contributed by atoms with E-state index in [9.17, 15) is 4.79 Å². The lowest BCUT2D eigenvalue weighted by atomic mass is 9.59. The summed E-state index contributed by atoms with van der Waals surface area (Å²) in [6.07, 6.45) is 3.33. The first-order valence-corrected chi connectivity index (χ1v) is 7.43. The molecule has 0 bridgehead atoms. The van der Waals surface area contributed by atoms with E-state index in [4.69, 9.17) is 5.11 Å². The molecule has 0 saturated carbocycles. The number of carboxylic acids is 1. The Kier molecular flexibility index (Phi) is 7.06. The maximum Gasteiger partial charge on any atom is 0.303 e. The van der Waals surface area contributed by atoms with Gasteiger partial charge < -0.3 is 10.4 Å². The summed E-state index contributed by atoms with van der Waals surface area (Å²) < 4.78 is 0. The van der Waals surface area contributed by atoms with Crippen LogP contribution in [0.25, 0.3) is 0 Å². The first kappa shape index (κ1) is 18.4. The van der Waals surface area contributed by atoms with E-state index in [1.54, 1.807) is 0 Å². The summed E-state index contributed by atoms with van der Waals surface area (Å²) in [4.78, 5) is 10.8. The van der Waals surface area contributed by atoms with Gasteiger partial charge in [-0.3, -0.25) is 4.79 Å². The molecule has 114 valence electrons. The molecular formula is C16H33NO2. The highest BCUT2D eigenvalue weighted by Gasteiger charge is 2.40. The Morgan fingerprint density at radius 3 is 2.11 bits per heavy atom. The van der Waals surface area contributed by atoms with Crippen LogP contribution in [0.4, 0.5) is 0 Å². The number of carboxylic acid groups (broad SMARTS) is 1. The molecule has 19 heavy (non-hydrogen) atoms. The van der Waals surface area contributed by atoms with Crippen LogP contribution < -0.4 is 5.32 Å². The molecule has 0 aromatic carbocycles. The van der Waals surface area contributed by atoms with Crippen LogP contribution in [0, 0.1) is 16.7 Å². The Morgan fingerprint density at radius 2 is 1.68 bits per heavy atom. The summed E-state index contributed by atoms with van der Waals surface area (Å²) >= 11 is 0. The summed E-state index contributed by atoms with van der Waals surface area (Å²) in [5.74, 6) is -0.118. The zero-order valence-electron chi connectivity index (χ0n) is 13.8. The molecule has 0 fully saturated rings. The van der Waals surface area contributed by atoms with Crippen molar-refractivity contribution in [2.45, 2.75) is 73.3 Å². The molecule has 0 heterocycles. The summed E-state index contributed by atoms with van der Waals surface area (Å²) in [7, 11) is 2.00. The van der Waals surface area contributed by atoms with Crippen LogP contribution >= 0.6 is 0 Å². The third-order valence-corrected chi connectivity index (χ3v) is 5.47. The number of rotatable bonds is 9. The van der Waals surface area contributed by atoms with Crippen LogP contribution in [0.15, 0.2) is 0 Å². The largest absolute Gasteiger partial charge is 0.481 e. The van der Waals surface area contributed by atoms with Gasteiger partial charge in [0.05, 0.1) is 0 Å². The summed E-state index contributed by atoms with van der Waals surface area (Å²) in [6.45, 7) is 13.5. The van der Waals surface area contributed by atoms with E-state index in [-0.39, 0.29) is 17.3 Å². The molecule has 0 radical (unpaired) electrons. The van der Waals surface area contributed by atoms with Crippen molar-refractivity contribution < 1.29 is 9.90 Å². The Balaban J connectivity index is 4.58. The lowest BCUT2D eigenvalue weighted by Gasteiger charge is -2.46. The molecule has 0 spiro atoms. The van der Waals surface area contributed by atoms with Gasteiger partial charge in [0.1, 0.15) is 0 Å². The maximum absolute atomic E-state index is 10.8. The molecule has 2 N–H and O–H groups in total. The third-order valence-electron chi connectivity index (χ3n) is 5.47. The Morgan fingerprint density at radius 1 is 1.16 bits per heavy atom. The van der Waals surface area contributed by atoms with Crippen molar-refractivity contribution in [3.8, 4) is 0 Å². The molecule has 2 unspecified atom stereocenters. The van der Waals surface area contributed by atoms with Gasteiger partial charge in [0.2, 0.25) is 0 Å². The maximum atomic E-state index is 10.8. The van der Waals surface area contributed by atoms with Gasteiger partial charge in [-0.25, -0.2) is 0 Å². The first-order chi connectivity index (χ1) is 8.54. The number of carbonyl (C=O) groups is 1. The minimum atomic E-state index is -0.694. The van der Waals surface area contributed by atoms with Crippen LogP contribution in [-0.2, 0) is 4.79 Å². The number of nitrogens with one attached hydrogen (secondary N) is 1. The SMILES string of the molecule is CNC(C)CCC(C)C(C)(C)C(C)(C)CCC(=O)O.